The molecule has 0 saturated carbocycles. The average Bonchev–Trinajstić information content (AvgIpc) is 2.86. The summed E-state index contributed by atoms with van der Waals surface area (Å²) >= 11 is 1.63. The molecular weight excluding hydrogens is 268 g/mol. The third-order valence-corrected chi connectivity index (χ3v) is 4.60. The van der Waals surface area contributed by atoms with Gasteiger partial charge >= 0.3 is 0 Å². The Labute approximate surface area is 121 Å². The summed E-state index contributed by atoms with van der Waals surface area (Å²) in [5, 5.41) is 0. The summed E-state index contributed by atoms with van der Waals surface area (Å²) in [6.07, 6.45) is 7.95. The van der Waals surface area contributed by atoms with Crippen LogP contribution in [0.5, 0.6) is 0 Å². The van der Waals surface area contributed by atoms with E-state index in [4.69, 9.17) is 0 Å². The van der Waals surface area contributed by atoms with E-state index >= 15 is 0 Å². The van der Waals surface area contributed by atoms with Crippen molar-refractivity contribution in [3.63, 3.8) is 0 Å². The number of thiophene rings is 1. The van der Waals surface area contributed by atoms with Crippen LogP contribution >= 0.6 is 11.3 Å². The van der Waals surface area contributed by atoms with Gasteiger partial charge in [-0.2, -0.15) is 0 Å². The van der Waals surface area contributed by atoms with E-state index < -0.39 is 0 Å². The van der Waals surface area contributed by atoms with E-state index in [1.165, 1.54) is 0 Å². The minimum atomic E-state index is 0.757. The Bertz CT molecular complexity index is 736. The quantitative estimate of drug-likeness (QED) is 0.681. The van der Waals surface area contributed by atoms with E-state index in [2.05, 4.69) is 9.97 Å². The predicted octanol–water partition coefficient (Wildman–Crippen LogP) is 3.99. The van der Waals surface area contributed by atoms with Crippen molar-refractivity contribution in [3.8, 4) is 20.9 Å². The molecule has 0 spiro atoms. The summed E-state index contributed by atoms with van der Waals surface area (Å²) in [6, 6.07) is 7.77. The van der Waals surface area contributed by atoms with Crippen molar-refractivity contribution in [1.82, 2.24) is 9.97 Å². The number of aromatic nitrogens is 2. The van der Waals surface area contributed by atoms with Gasteiger partial charge in [0.2, 0.25) is 0 Å². The van der Waals surface area contributed by atoms with Gasteiger partial charge in [-0.3, -0.25) is 14.8 Å². The maximum Gasteiger partial charge on any atom is 0.151 e. The fraction of sp³-hybridized carbons (Fsp3) is 0.0625. The van der Waals surface area contributed by atoms with Crippen molar-refractivity contribution in [3.05, 3.63) is 60.2 Å². The fourth-order valence-electron chi connectivity index (χ4n) is 2.16. The SMILES string of the molecule is Cc1c(-c2ccncc2)sc(-c2ccncc2)c1C=O. The van der Waals surface area contributed by atoms with Crippen molar-refractivity contribution in [2.75, 3.05) is 0 Å². The molecule has 98 valence electrons. The lowest BCUT2D eigenvalue weighted by Gasteiger charge is -1.98. The van der Waals surface area contributed by atoms with Crippen LogP contribution in [0.3, 0.4) is 0 Å². The summed E-state index contributed by atoms with van der Waals surface area (Å²) in [4.78, 5) is 21.6. The van der Waals surface area contributed by atoms with Gasteiger partial charge in [-0.15, -0.1) is 11.3 Å². The minimum Gasteiger partial charge on any atom is -0.298 e. The van der Waals surface area contributed by atoms with Gasteiger partial charge in [-0.25, -0.2) is 0 Å². The van der Waals surface area contributed by atoms with Crippen molar-refractivity contribution in [1.29, 1.82) is 0 Å². The largest absolute Gasteiger partial charge is 0.298 e. The molecule has 0 N–H and O–H groups in total. The molecule has 0 aliphatic heterocycles. The monoisotopic (exact) mass is 280 g/mol. The van der Waals surface area contributed by atoms with Crippen LogP contribution in [0.15, 0.2) is 49.1 Å². The molecule has 3 aromatic rings. The number of pyridine rings is 2. The van der Waals surface area contributed by atoms with Gasteiger partial charge in [0, 0.05) is 40.1 Å². The highest BCUT2D eigenvalue weighted by atomic mass is 32.1. The number of hydrogen-bond acceptors (Lipinski definition) is 4. The maximum absolute atomic E-state index is 11.4. The smallest absolute Gasteiger partial charge is 0.151 e. The Morgan fingerprint density at radius 3 is 1.90 bits per heavy atom. The van der Waals surface area contributed by atoms with Gasteiger partial charge in [0.15, 0.2) is 6.29 Å². The normalized spacial score (nSPS) is 10.4. The molecule has 3 rings (SSSR count). The number of carbonyl (C=O) groups is 1. The third kappa shape index (κ3) is 2.14. The van der Waals surface area contributed by atoms with Crippen molar-refractivity contribution >= 4 is 17.6 Å². The Kier molecular flexibility index (Phi) is 3.39. The molecular formula is C16H12N2OS. The second-order valence-corrected chi connectivity index (χ2v) is 5.41. The maximum atomic E-state index is 11.4. The molecule has 0 saturated heterocycles. The molecule has 20 heavy (non-hydrogen) atoms. The van der Waals surface area contributed by atoms with E-state index in [0.717, 1.165) is 38.3 Å². The molecule has 0 aliphatic rings. The Morgan fingerprint density at radius 1 is 0.900 bits per heavy atom. The molecule has 3 aromatic heterocycles. The number of carbonyl (C=O) groups excluding carboxylic acids is 1. The summed E-state index contributed by atoms with van der Waals surface area (Å²) in [7, 11) is 0. The van der Waals surface area contributed by atoms with Crippen LogP contribution in [0.4, 0.5) is 0 Å². The van der Waals surface area contributed by atoms with Crippen LogP contribution in [0, 0.1) is 6.92 Å². The van der Waals surface area contributed by atoms with Crippen molar-refractivity contribution in [2.24, 2.45) is 0 Å². The van der Waals surface area contributed by atoms with Crippen LogP contribution in [0.1, 0.15) is 15.9 Å². The molecule has 0 aliphatic carbocycles. The Morgan fingerprint density at radius 2 is 1.40 bits per heavy atom. The van der Waals surface area contributed by atoms with E-state index in [9.17, 15) is 4.79 Å². The standard InChI is InChI=1S/C16H12N2OS/c1-11-14(10-19)16(13-4-8-18-9-5-13)20-15(11)12-2-6-17-7-3-12/h2-10H,1H3. The summed E-state index contributed by atoms with van der Waals surface area (Å²) in [6.45, 7) is 1.99. The molecule has 0 atom stereocenters. The molecule has 0 radical (unpaired) electrons. The molecule has 0 unspecified atom stereocenters. The zero-order valence-corrected chi connectivity index (χ0v) is 11.7. The second-order valence-electron chi connectivity index (χ2n) is 4.39. The highest BCUT2D eigenvalue weighted by Gasteiger charge is 2.16. The fourth-order valence-corrected chi connectivity index (χ4v) is 3.45. The summed E-state index contributed by atoms with van der Waals surface area (Å²) < 4.78 is 0. The van der Waals surface area contributed by atoms with E-state index in [-0.39, 0.29) is 0 Å². The van der Waals surface area contributed by atoms with Gasteiger partial charge in [0.25, 0.3) is 0 Å². The number of nitrogens with zero attached hydrogens (tertiary/aromatic N) is 2. The van der Waals surface area contributed by atoms with Gasteiger partial charge < -0.3 is 0 Å². The number of aldehydes is 1. The van der Waals surface area contributed by atoms with E-state index in [1.54, 1.807) is 36.1 Å². The van der Waals surface area contributed by atoms with Crippen molar-refractivity contribution < 1.29 is 4.79 Å². The van der Waals surface area contributed by atoms with Crippen LogP contribution in [0.2, 0.25) is 0 Å². The summed E-state index contributed by atoms with van der Waals surface area (Å²) in [5.41, 5.74) is 3.89. The first-order chi connectivity index (χ1) is 9.81. The van der Waals surface area contributed by atoms with Crippen LogP contribution in [-0.2, 0) is 0 Å². The Hall–Kier alpha value is -2.33. The van der Waals surface area contributed by atoms with E-state index in [1.807, 2.05) is 31.2 Å². The molecule has 0 fully saturated rings. The van der Waals surface area contributed by atoms with Gasteiger partial charge in [0.05, 0.1) is 0 Å². The number of hydrogen-bond donors (Lipinski definition) is 0. The van der Waals surface area contributed by atoms with Gasteiger partial charge in [-0.1, -0.05) is 0 Å². The molecule has 4 heteroatoms. The second kappa shape index (κ2) is 5.35. The van der Waals surface area contributed by atoms with Gasteiger partial charge in [-0.05, 0) is 47.9 Å². The first-order valence-corrected chi connectivity index (χ1v) is 7.02. The van der Waals surface area contributed by atoms with Crippen LogP contribution in [0.25, 0.3) is 20.9 Å². The summed E-state index contributed by atoms with van der Waals surface area (Å²) in [5.74, 6) is 0. The molecule has 0 amide bonds. The van der Waals surface area contributed by atoms with Crippen LogP contribution < -0.4 is 0 Å². The molecule has 0 aromatic carbocycles. The zero-order valence-electron chi connectivity index (χ0n) is 10.9. The predicted molar refractivity (Wildman–Crippen MR) is 80.9 cm³/mol. The average molecular weight is 280 g/mol. The highest BCUT2D eigenvalue weighted by molar-refractivity contribution is 7.19. The highest BCUT2D eigenvalue weighted by Crippen LogP contribution is 2.40. The lowest BCUT2D eigenvalue weighted by atomic mass is 10.0. The lowest BCUT2D eigenvalue weighted by Crippen LogP contribution is -1.85. The van der Waals surface area contributed by atoms with E-state index in [0.29, 0.717) is 0 Å². The Balaban J connectivity index is 2.21. The van der Waals surface area contributed by atoms with Crippen LogP contribution in [-0.4, -0.2) is 16.3 Å². The van der Waals surface area contributed by atoms with Gasteiger partial charge in [0.1, 0.15) is 0 Å². The molecule has 3 heterocycles. The third-order valence-electron chi connectivity index (χ3n) is 3.20. The molecule has 3 nitrogen and oxygen atoms in total. The molecule has 0 bridgehead atoms. The number of rotatable bonds is 3. The lowest BCUT2D eigenvalue weighted by molar-refractivity contribution is 0.112. The first-order valence-electron chi connectivity index (χ1n) is 6.20. The van der Waals surface area contributed by atoms with Crippen molar-refractivity contribution in [2.45, 2.75) is 6.92 Å². The first kappa shape index (κ1) is 12.7. The minimum absolute atomic E-state index is 0.757. The topological polar surface area (TPSA) is 42.9 Å². The zero-order chi connectivity index (χ0) is 13.9.